The van der Waals surface area contributed by atoms with Gasteiger partial charge in [-0.1, -0.05) is 6.92 Å². The molecule has 0 spiro atoms. The SMILES string of the molecule is CCc1nn(C)cc1C(=O)N(C)CCNC. The van der Waals surface area contributed by atoms with E-state index < -0.39 is 0 Å². The second-order valence-corrected chi connectivity index (χ2v) is 3.85. The van der Waals surface area contributed by atoms with Crippen molar-refractivity contribution in [3.63, 3.8) is 0 Å². The van der Waals surface area contributed by atoms with Gasteiger partial charge in [0.2, 0.25) is 0 Å². The maximum atomic E-state index is 12.1. The lowest BCUT2D eigenvalue weighted by Gasteiger charge is -2.16. The lowest BCUT2D eigenvalue weighted by molar-refractivity contribution is 0.0796. The quantitative estimate of drug-likeness (QED) is 0.781. The number of aryl methyl sites for hydroxylation is 2. The highest BCUT2D eigenvalue weighted by molar-refractivity contribution is 5.94. The highest BCUT2D eigenvalue weighted by Gasteiger charge is 2.17. The Morgan fingerprint density at radius 3 is 2.88 bits per heavy atom. The number of aromatic nitrogens is 2. The summed E-state index contributed by atoms with van der Waals surface area (Å²) in [6.45, 7) is 3.50. The largest absolute Gasteiger partial charge is 0.340 e. The fourth-order valence-electron chi connectivity index (χ4n) is 1.56. The molecule has 1 rings (SSSR count). The average Bonchev–Trinajstić information content (AvgIpc) is 2.66. The van der Waals surface area contributed by atoms with Gasteiger partial charge in [0, 0.05) is 33.4 Å². The third-order valence-corrected chi connectivity index (χ3v) is 2.51. The second kappa shape index (κ2) is 5.65. The molecule has 0 saturated carbocycles. The van der Waals surface area contributed by atoms with Crippen molar-refractivity contribution in [2.24, 2.45) is 7.05 Å². The Balaban J connectivity index is 2.78. The molecule has 1 amide bonds. The first-order valence-electron chi connectivity index (χ1n) is 5.52. The zero-order chi connectivity index (χ0) is 12.1. The van der Waals surface area contributed by atoms with Crippen LogP contribution in [-0.2, 0) is 13.5 Å². The summed E-state index contributed by atoms with van der Waals surface area (Å²) in [6.07, 6.45) is 2.57. The molecule has 1 aromatic rings. The van der Waals surface area contributed by atoms with Gasteiger partial charge in [0.15, 0.2) is 0 Å². The van der Waals surface area contributed by atoms with Crippen molar-refractivity contribution >= 4 is 5.91 Å². The zero-order valence-corrected chi connectivity index (χ0v) is 10.4. The summed E-state index contributed by atoms with van der Waals surface area (Å²) >= 11 is 0. The lowest BCUT2D eigenvalue weighted by atomic mass is 10.2. The van der Waals surface area contributed by atoms with E-state index in [1.54, 1.807) is 15.8 Å². The van der Waals surface area contributed by atoms with Crippen LogP contribution in [0.2, 0.25) is 0 Å². The van der Waals surface area contributed by atoms with Crippen LogP contribution in [0.3, 0.4) is 0 Å². The van der Waals surface area contributed by atoms with Crippen LogP contribution in [0.1, 0.15) is 23.0 Å². The maximum absolute atomic E-state index is 12.1. The molecule has 0 fully saturated rings. The number of hydrogen-bond acceptors (Lipinski definition) is 3. The van der Waals surface area contributed by atoms with Gasteiger partial charge in [0.25, 0.3) is 5.91 Å². The Labute approximate surface area is 96.4 Å². The molecule has 5 nitrogen and oxygen atoms in total. The van der Waals surface area contributed by atoms with E-state index >= 15 is 0 Å². The first-order valence-corrected chi connectivity index (χ1v) is 5.52. The van der Waals surface area contributed by atoms with Crippen LogP contribution in [0.5, 0.6) is 0 Å². The van der Waals surface area contributed by atoms with E-state index in [-0.39, 0.29) is 5.91 Å². The molecule has 1 aromatic heterocycles. The molecule has 0 aliphatic heterocycles. The van der Waals surface area contributed by atoms with Crippen molar-refractivity contribution in [3.05, 3.63) is 17.5 Å². The molecule has 0 bridgehead atoms. The van der Waals surface area contributed by atoms with Gasteiger partial charge in [0.1, 0.15) is 0 Å². The Morgan fingerprint density at radius 2 is 2.31 bits per heavy atom. The molecular weight excluding hydrogens is 204 g/mol. The van der Waals surface area contributed by atoms with E-state index in [0.717, 1.165) is 18.7 Å². The monoisotopic (exact) mass is 224 g/mol. The molecule has 5 heteroatoms. The third-order valence-electron chi connectivity index (χ3n) is 2.51. The van der Waals surface area contributed by atoms with Crippen molar-refractivity contribution in [2.75, 3.05) is 27.2 Å². The van der Waals surface area contributed by atoms with Crippen LogP contribution in [0.25, 0.3) is 0 Å². The van der Waals surface area contributed by atoms with E-state index in [9.17, 15) is 4.79 Å². The van der Waals surface area contributed by atoms with Gasteiger partial charge >= 0.3 is 0 Å². The van der Waals surface area contributed by atoms with E-state index in [2.05, 4.69) is 10.4 Å². The van der Waals surface area contributed by atoms with Crippen molar-refractivity contribution < 1.29 is 4.79 Å². The van der Waals surface area contributed by atoms with Gasteiger partial charge in [-0.2, -0.15) is 5.10 Å². The molecule has 16 heavy (non-hydrogen) atoms. The number of nitrogens with one attached hydrogen (secondary N) is 1. The maximum Gasteiger partial charge on any atom is 0.257 e. The fourth-order valence-corrected chi connectivity index (χ4v) is 1.56. The van der Waals surface area contributed by atoms with E-state index in [4.69, 9.17) is 0 Å². The molecule has 0 saturated heterocycles. The molecule has 0 atom stereocenters. The molecule has 90 valence electrons. The third kappa shape index (κ3) is 2.82. The number of rotatable bonds is 5. The van der Waals surface area contributed by atoms with Gasteiger partial charge < -0.3 is 10.2 Å². The second-order valence-electron chi connectivity index (χ2n) is 3.85. The van der Waals surface area contributed by atoms with Crippen LogP contribution >= 0.6 is 0 Å². The number of carbonyl (C=O) groups is 1. The fraction of sp³-hybridized carbons (Fsp3) is 0.636. The highest BCUT2D eigenvalue weighted by Crippen LogP contribution is 2.09. The predicted molar refractivity (Wildman–Crippen MR) is 63.5 cm³/mol. The molecule has 0 aromatic carbocycles. The summed E-state index contributed by atoms with van der Waals surface area (Å²) in [6, 6.07) is 0. The molecular formula is C11H20N4O. The number of likely N-dealkylation sites (N-methyl/N-ethyl adjacent to an activating group) is 2. The minimum absolute atomic E-state index is 0.0419. The standard InChI is InChI=1S/C11H20N4O/c1-5-10-9(8-15(4)13-10)11(16)14(3)7-6-12-2/h8,12H,5-7H2,1-4H3. The van der Waals surface area contributed by atoms with Gasteiger partial charge in [-0.3, -0.25) is 9.48 Å². The molecule has 0 radical (unpaired) electrons. The Hall–Kier alpha value is -1.36. The van der Waals surface area contributed by atoms with Gasteiger partial charge in [0.05, 0.1) is 11.3 Å². The normalized spacial score (nSPS) is 10.5. The van der Waals surface area contributed by atoms with Gasteiger partial charge in [-0.25, -0.2) is 0 Å². The van der Waals surface area contributed by atoms with Crippen LogP contribution in [-0.4, -0.2) is 47.8 Å². The van der Waals surface area contributed by atoms with E-state index in [1.165, 1.54) is 0 Å². The first-order chi connectivity index (χ1) is 7.60. The molecule has 0 aliphatic carbocycles. The van der Waals surface area contributed by atoms with Crippen molar-refractivity contribution in [3.8, 4) is 0 Å². The number of nitrogens with zero attached hydrogens (tertiary/aromatic N) is 3. The number of carbonyl (C=O) groups excluding carboxylic acids is 1. The van der Waals surface area contributed by atoms with Crippen molar-refractivity contribution in [1.29, 1.82) is 0 Å². The van der Waals surface area contributed by atoms with Crippen LogP contribution in [0.15, 0.2) is 6.20 Å². The minimum atomic E-state index is 0.0419. The Kier molecular flexibility index (Phi) is 4.49. The first kappa shape index (κ1) is 12.7. The molecule has 1 N–H and O–H groups in total. The molecule has 0 unspecified atom stereocenters. The summed E-state index contributed by atoms with van der Waals surface area (Å²) in [5.74, 6) is 0.0419. The van der Waals surface area contributed by atoms with Gasteiger partial charge in [-0.05, 0) is 13.5 Å². The summed E-state index contributed by atoms with van der Waals surface area (Å²) in [5, 5.41) is 7.29. The van der Waals surface area contributed by atoms with Crippen LogP contribution < -0.4 is 5.32 Å². The van der Waals surface area contributed by atoms with Crippen LogP contribution in [0.4, 0.5) is 0 Å². The van der Waals surface area contributed by atoms with E-state index in [0.29, 0.717) is 12.1 Å². The smallest absolute Gasteiger partial charge is 0.257 e. The number of amides is 1. The molecule has 0 aliphatic rings. The predicted octanol–water partition coefficient (Wildman–Crippen LogP) is 0.274. The summed E-state index contributed by atoms with van der Waals surface area (Å²) in [4.78, 5) is 13.8. The average molecular weight is 224 g/mol. The van der Waals surface area contributed by atoms with E-state index in [1.807, 2.05) is 28.1 Å². The summed E-state index contributed by atoms with van der Waals surface area (Å²) < 4.78 is 1.69. The summed E-state index contributed by atoms with van der Waals surface area (Å²) in [5.41, 5.74) is 1.58. The highest BCUT2D eigenvalue weighted by atomic mass is 16.2. The lowest BCUT2D eigenvalue weighted by Crippen LogP contribution is -2.33. The Bertz CT molecular complexity index is 359. The van der Waals surface area contributed by atoms with Crippen LogP contribution in [0, 0.1) is 0 Å². The minimum Gasteiger partial charge on any atom is -0.340 e. The van der Waals surface area contributed by atoms with Gasteiger partial charge in [-0.15, -0.1) is 0 Å². The number of hydrogen-bond donors (Lipinski definition) is 1. The Morgan fingerprint density at radius 1 is 1.62 bits per heavy atom. The zero-order valence-electron chi connectivity index (χ0n) is 10.4. The van der Waals surface area contributed by atoms with Crippen molar-refractivity contribution in [2.45, 2.75) is 13.3 Å². The molecule has 1 heterocycles. The van der Waals surface area contributed by atoms with Crippen molar-refractivity contribution in [1.82, 2.24) is 20.0 Å². The summed E-state index contributed by atoms with van der Waals surface area (Å²) in [7, 11) is 5.52. The topological polar surface area (TPSA) is 50.2 Å².